The lowest BCUT2D eigenvalue weighted by Crippen LogP contribution is -2.30. The summed E-state index contributed by atoms with van der Waals surface area (Å²) in [6, 6.07) is 18.3. The van der Waals surface area contributed by atoms with Crippen LogP contribution in [0.15, 0.2) is 53.4 Å². The third kappa shape index (κ3) is 3.17. The number of hydrogen-bond acceptors (Lipinski definition) is 2. The Kier molecular flexibility index (Phi) is 4.67. The number of aryl methyl sites for hydroxylation is 1. The van der Waals surface area contributed by atoms with Crippen LogP contribution in [0.5, 0.6) is 0 Å². The summed E-state index contributed by atoms with van der Waals surface area (Å²) in [7, 11) is 0. The third-order valence-corrected chi connectivity index (χ3v) is 5.58. The molecule has 110 valence electrons. The van der Waals surface area contributed by atoms with E-state index in [4.69, 9.17) is 0 Å². The van der Waals surface area contributed by atoms with Crippen LogP contribution >= 0.6 is 11.8 Å². The summed E-state index contributed by atoms with van der Waals surface area (Å²) >= 11 is 2.03. The van der Waals surface area contributed by atoms with Crippen molar-refractivity contribution in [3.05, 3.63) is 65.2 Å². The second-order valence-corrected chi connectivity index (χ2v) is 6.88. The average molecular weight is 297 g/mol. The van der Waals surface area contributed by atoms with Crippen molar-refractivity contribution in [2.24, 2.45) is 0 Å². The van der Waals surface area contributed by atoms with E-state index in [-0.39, 0.29) is 0 Å². The molecule has 2 heteroatoms. The Bertz CT molecular complexity index is 583. The first-order valence-corrected chi connectivity index (χ1v) is 8.76. The molecule has 1 nitrogen and oxygen atoms in total. The molecule has 2 atom stereocenters. The van der Waals surface area contributed by atoms with Gasteiger partial charge in [-0.05, 0) is 42.1 Å². The Morgan fingerprint density at radius 1 is 1.14 bits per heavy atom. The molecule has 0 aromatic heterocycles. The van der Waals surface area contributed by atoms with Gasteiger partial charge in [0.1, 0.15) is 0 Å². The molecule has 2 aromatic rings. The molecule has 0 fully saturated rings. The standard InChI is InChI=1S/C19H23NS/c1-3-14-8-7-10-16(12-14)19(20-4-2)18-13-15-9-5-6-11-17(15)21-18/h5-12,18-20H,3-4,13H2,1-2H3. The van der Waals surface area contributed by atoms with E-state index in [0.29, 0.717) is 11.3 Å². The van der Waals surface area contributed by atoms with E-state index < -0.39 is 0 Å². The molecule has 0 amide bonds. The molecule has 0 spiro atoms. The molecular formula is C19H23NS. The van der Waals surface area contributed by atoms with Gasteiger partial charge < -0.3 is 5.32 Å². The molecule has 2 unspecified atom stereocenters. The molecule has 0 radical (unpaired) electrons. The second kappa shape index (κ2) is 6.67. The molecule has 0 aliphatic carbocycles. The molecule has 0 bridgehead atoms. The Labute approximate surface area is 132 Å². The highest BCUT2D eigenvalue weighted by molar-refractivity contribution is 8.00. The lowest BCUT2D eigenvalue weighted by atomic mass is 9.96. The number of nitrogens with one attached hydrogen (secondary N) is 1. The van der Waals surface area contributed by atoms with E-state index in [9.17, 15) is 0 Å². The minimum Gasteiger partial charge on any atom is -0.309 e. The molecule has 1 heterocycles. The van der Waals surface area contributed by atoms with Crippen molar-refractivity contribution in [3.8, 4) is 0 Å². The van der Waals surface area contributed by atoms with Crippen molar-refractivity contribution in [2.45, 2.75) is 42.9 Å². The predicted molar refractivity (Wildman–Crippen MR) is 92.0 cm³/mol. The number of rotatable bonds is 5. The second-order valence-electron chi connectivity index (χ2n) is 5.60. The van der Waals surface area contributed by atoms with Crippen LogP contribution in [0.3, 0.4) is 0 Å². The van der Waals surface area contributed by atoms with Crippen LogP contribution in [0.1, 0.15) is 36.6 Å². The van der Waals surface area contributed by atoms with Crippen molar-refractivity contribution in [1.82, 2.24) is 5.32 Å². The largest absolute Gasteiger partial charge is 0.309 e. The first-order valence-electron chi connectivity index (χ1n) is 7.88. The number of thioether (sulfide) groups is 1. The highest BCUT2D eigenvalue weighted by Crippen LogP contribution is 2.42. The number of benzene rings is 2. The monoisotopic (exact) mass is 297 g/mol. The maximum atomic E-state index is 3.71. The van der Waals surface area contributed by atoms with Crippen molar-refractivity contribution in [2.75, 3.05) is 6.54 Å². The van der Waals surface area contributed by atoms with Gasteiger partial charge in [0.15, 0.2) is 0 Å². The van der Waals surface area contributed by atoms with Crippen molar-refractivity contribution >= 4 is 11.8 Å². The van der Waals surface area contributed by atoms with Gasteiger partial charge in [-0.1, -0.05) is 56.3 Å². The van der Waals surface area contributed by atoms with Crippen LogP contribution in [0.4, 0.5) is 0 Å². The lowest BCUT2D eigenvalue weighted by molar-refractivity contribution is 0.531. The van der Waals surface area contributed by atoms with E-state index in [0.717, 1.165) is 19.4 Å². The van der Waals surface area contributed by atoms with Gasteiger partial charge >= 0.3 is 0 Å². The maximum Gasteiger partial charge on any atom is 0.0447 e. The van der Waals surface area contributed by atoms with Crippen LogP contribution in [0.2, 0.25) is 0 Å². The molecule has 1 N–H and O–H groups in total. The molecule has 3 rings (SSSR count). The van der Waals surface area contributed by atoms with E-state index in [1.54, 1.807) is 0 Å². The quantitative estimate of drug-likeness (QED) is 0.864. The van der Waals surface area contributed by atoms with Crippen LogP contribution in [0.25, 0.3) is 0 Å². The zero-order valence-electron chi connectivity index (χ0n) is 12.8. The fourth-order valence-corrected chi connectivity index (χ4v) is 4.52. The van der Waals surface area contributed by atoms with E-state index in [2.05, 4.69) is 67.7 Å². The molecule has 0 saturated heterocycles. The predicted octanol–water partition coefficient (Wildman–Crippen LogP) is 4.62. The van der Waals surface area contributed by atoms with Gasteiger partial charge in [-0.25, -0.2) is 0 Å². The van der Waals surface area contributed by atoms with Crippen LogP contribution in [-0.2, 0) is 12.8 Å². The normalized spacial score (nSPS) is 18.5. The van der Waals surface area contributed by atoms with Crippen molar-refractivity contribution in [3.63, 3.8) is 0 Å². The third-order valence-electron chi connectivity index (χ3n) is 4.19. The van der Waals surface area contributed by atoms with Gasteiger partial charge in [-0.15, -0.1) is 11.8 Å². The van der Waals surface area contributed by atoms with Gasteiger partial charge in [-0.2, -0.15) is 0 Å². The van der Waals surface area contributed by atoms with Gasteiger partial charge in [0, 0.05) is 16.2 Å². The van der Waals surface area contributed by atoms with Gasteiger partial charge in [0.25, 0.3) is 0 Å². The van der Waals surface area contributed by atoms with Crippen LogP contribution in [-0.4, -0.2) is 11.8 Å². The minimum absolute atomic E-state index is 0.430. The topological polar surface area (TPSA) is 12.0 Å². The Morgan fingerprint density at radius 3 is 2.76 bits per heavy atom. The van der Waals surface area contributed by atoms with Crippen molar-refractivity contribution < 1.29 is 0 Å². The Balaban J connectivity index is 1.85. The fraction of sp³-hybridized carbons (Fsp3) is 0.368. The zero-order valence-corrected chi connectivity index (χ0v) is 13.6. The summed E-state index contributed by atoms with van der Waals surface area (Å²) in [6.45, 7) is 5.43. The maximum absolute atomic E-state index is 3.71. The van der Waals surface area contributed by atoms with E-state index in [1.165, 1.54) is 21.6 Å². The van der Waals surface area contributed by atoms with Crippen molar-refractivity contribution in [1.29, 1.82) is 0 Å². The highest BCUT2D eigenvalue weighted by atomic mass is 32.2. The Morgan fingerprint density at radius 2 is 2.00 bits per heavy atom. The number of fused-ring (bicyclic) bond motifs is 1. The Hall–Kier alpha value is -1.25. The first-order chi connectivity index (χ1) is 10.3. The first kappa shape index (κ1) is 14.7. The average Bonchev–Trinajstić information content (AvgIpc) is 2.96. The molecule has 1 aliphatic heterocycles. The summed E-state index contributed by atoms with van der Waals surface area (Å²) in [4.78, 5) is 1.46. The molecule has 1 aliphatic rings. The van der Waals surface area contributed by atoms with Gasteiger partial charge in [0.05, 0.1) is 0 Å². The highest BCUT2D eigenvalue weighted by Gasteiger charge is 2.29. The molecule has 21 heavy (non-hydrogen) atoms. The summed E-state index contributed by atoms with van der Waals surface area (Å²) in [6.07, 6.45) is 2.26. The van der Waals surface area contributed by atoms with Gasteiger partial charge in [-0.3, -0.25) is 0 Å². The lowest BCUT2D eigenvalue weighted by Gasteiger charge is -2.24. The summed E-state index contributed by atoms with van der Waals surface area (Å²) in [5.41, 5.74) is 4.36. The fourth-order valence-electron chi connectivity index (χ4n) is 3.09. The summed E-state index contributed by atoms with van der Waals surface area (Å²) < 4.78 is 0. The summed E-state index contributed by atoms with van der Waals surface area (Å²) in [5, 5.41) is 4.30. The SMILES string of the molecule is CCNC(c1cccc(CC)c1)C1Cc2ccccc2S1. The molecular weight excluding hydrogens is 274 g/mol. The number of hydrogen-bond donors (Lipinski definition) is 1. The van der Waals surface area contributed by atoms with E-state index >= 15 is 0 Å². The molecule has 0 saturated carbocycles. The smallest absolute Gasteiger partial charge is 0.0447 e. The van der Waals surface area contributed by atoms with E-state index in [1.807, 2.05) is 11.8 Å². The summed E-state index contributed by atoms with van der Waals surface area (Å²) in [5.74, 6) is 0. The zero-order chi connectivity index (χ0) is 14.7. The van der Waals surface area contributed by atoms with Crippen LogP contribution in [0, 0.1) is 0 Å². The minimum atomic E-state index is 0.430. The van der Waals surface area contributed by atoms with Crippen LogP contribution < -0.4 is 5.32 Å². The molecule has 2 aromatic carbocycles. The van der Waals surface area contributed by atoms with Gasteiger partial charge in [0.2, 0.25) is 0 Å².